The first-order valence-electron chi connectivity index (χ1n) is 8.58. The number of likely N-dealkylation sites (tertiary alicyclic amines) is 1. The Hall–Kier alpha value is -2.96. The van der Waals surface area contributed by atoms with Crippen molar-refractivity contribution in [2.45, 2.75) is 39.3 Å². The van der Waals surface area contributed by atoms with E-state index >= 15 is 0 Å². The van der Waals surface area contributed by atoms with Crippen molar-refractivity contribution in [3.63, 3.8) is 0 Å². The van der Waals surface area contributed by atoms with E-state index in [0.29, 0.717) is 5.56 Å². The van der Waals surface area contributed by atoms with Gasteiger partial charge >= 0.3 is 0 Å². The number of benzene rings is 1. The number of hydrogen-bond donors (Lipinski definition) is 1. The number of aryl methyl sites for hydroxylation is 1. The molecule has 1 saturated heterocycles. The normalized spacial score (nSPS) is 15.4. The molecule has 1 aromatic carbocycles. The first-order valence-corrected chi connectivity index (χ1v) is 8.58. The molecule has 3 amide bonds. The van der Waals surface area contributed by atoms with Gasteiger partial charge in [-0.3, -0.25) is 24.0 Å². The highest BCUT2D eigenvalue weighted by atomic mass is 16.2. The van der Waals surface area contributed by atoms with Gasteiger partial charge in [-0.1, -0.05) is 12.1 Å². The van der Waals surface area contributed by atoms with Crippen molar-refractivity contribution >= 4 is 17.7 Å². The van der Waals surface area contributed by atoms with E-state index in [1.165, 1.54) is 4.90 Å². The average Bonchev–Trinajstić information content (AvgIpc) is 3.12. The van der Waals surface area contributed by atoms with Gasteiger partial charge in [0.15, 0.2) is 0 Å². The Morgan fingerprint density at radius 3 is 2.35 bits per heavy atom. The van der Waals surface area contributed by atoms with Crippen LogP contribution in [0.3, 0.4) is 0 Å². The van der Waals surface area contributed by atoms with Gasteiger partial charge in [0.05, 0.1) is 18.8 Å². The smallest absolute Gasteiger partial charge is 0.251 e. The lowest BCUT2D eigenvalue weighted by atomic mass is 10.1. The van der Waals surface area contributed by atoms with Gasteiger partial charge in [0, 0.05) is 36.7 Å². The van der Waals surface area contributed by atoms with Crippen molar-refractivity contribution in [2.24, 2.45) is 7.05 Å². The van der Waals surface area contributed by atoms with E-state index < -0.39 is 0 Å². The molecule has 0 saturated carbocycles. The van der Waals surface area contributed by atoms with Gasteiger partial charge in [-0.25, -0.2) is 0 Å². The Balaban J connectivity index is 1.64. The molecule has 2 heterocycles. The van der Waals surface area contributed by atoms with Gasteiger partial charge in [-0.2, -0.15) is 5.10 Å². The largest absolute Gasteiger partial charge is 0.345 e. The van der Waals surface area contributed by atoms with Crippen LogP contribution in [0.5, 0.6) is 0 Å². The van der Waals surface area contributed by atoms with Crippen LogP contribution in [0.25, 0.3) is 0 Å². The highest BCUT2D eigenvalue weighted by Gasteiger charge is 2.28. The Morgan fingerprint density at radius 1 is 1.19 bits per heavy atom. The molecular weight excluding hydrogens is 332 g/mol. The van der Waals surface area contributed by atoms with Crippen LogP contribution in [0.15, 0.2) is 30.5 Å². The lowest BCUT2D eigenvalue weighted by Crippen LogP contribution is -2.28. The van der Waals surface area contributed by atoms with Crippen LogP contribution in [0.4, 0.5) is 0 Å². The first kappa shape index (κ1) is 17.8. The summed E-state index contributed by atoms with van der Waals surface area (Å²) < 4.78 is 1.77. The molecule has 1 N–H and O–H groups in total. The fraction of sp³-hybridized carbons (Fsp3) is 0.368. The molecule has 1 fully saturated rings. The Labute approximate surface area is 152 Å². The van der Waals surface area contributed by atoms with Crippen LogP contribution in [-0.2, 0) is 23.2 Å². The van der Waals surface area contributed by atoms with Gasteiger partial charge in [0.2, 0.25) is 11.8 Å². The molecular formula is C19H22N4O3. The van der Waals surface area contributed by atoms with Gasteiger partial charge in [0.25, 0.3) is 5.91 Å². The zero-order chi connectivity index (χ0) is 18.8. The molecule has 7 heteroatoms. The number of carbonyl (C=O) groups is 3. The lowest BCUT2D eigenvalue weighted by molar-refractivity contribution is -0.139. The minimum Gasteiger partial charge on any atom is -0.345 e. The molecule has 0 radical (unpaired) electrons. The predicted octanol–water partition coefficient (Wildman–Crippen LogP) is 1.87. The number of carbonyl (C=O) groups excluding carboxylic acids is 3. The van der Waals surface area contributed by atoms with E-state index in [1.54, 1.807) is 35.1 Å². The molecule has 1 unspecified atom stereocenters. The molecule has 3 rings (SSSR count). The Kier molecular flexibility index (Phi) is 4.88. The number of rotatable bonds is 5. The second-order valence-electron chi connectivity index (χ2n) is 6.57. The number of nitrogens with one attached hydrogen (secondary N) is 1. The Bertz CT molecular complexity index is 838. The molecule has 0 aliphatic carbocycles. The maximum atomic E-state index is 12.4. The van der Waals surface area contributed by atoms with Crippen molar-refractivity contribution in [3.05, 3.63) is 52.8 Å². The van der Waals surface area contributed by atoms with Crippen LogP contribution < -0.4 is 5.32 Å². The van der Waals surface area contributed by atoms with E-state index in [0.717, 1.165) is 16.8 Å². The van der Waals surface area contributed by atoms with Crippen LogP contribution in [0.2, 0.25) is 0 Å². The van der Waals surface area contributed by atoms with E-state index in [9.17, 15) is 14.4 Å². The van der Waals surface area contributed by atoms with E-state index in [1.807, 2.05) is 20.9 Å². The average molecular weight is 354 g/mol. The summed E-state index contributed by atoms with van der Waals surface area (Å²) in [6.45, 7) is 4.13. The van der Waals surface area contributed by atoms with Gasteiger partial charge < -0.3 is 5.32 Å². The molecule has 7 nitrogen and oxygen atoms in total. The number of nitrogens with zero attached hydrogens (tertiary/aromatic N) is 3. The van der Waals surface area contributed by atoms with Gasteiger partial charge in [-0.15, -0.1) is 0 Å². The minimum atomic E-state index is -0.180. The summed E-state index contributed by atoms with van der Waals surface area (Å²) in [7, 11) is 1.86. The third-order valence-electron chi connectivity index (χ3n) is 4.80. The molecule has 0 bridgehead atoms. The second-order valence-corrected chi connectivity index (χ2v) is 6.57. The highest BCUT2D eigenvalue weighted by molar-refractivity contribution is 6.01. The summed E-state index contributed by atoms with van der Waals surface area (Å²) in [5, 5.41) is 7.16. The van der Waals surface area contributed by atoms with Gasteiger partial charge in [-0.05, 0) is 31.5 Å². The van der Waals surface area contributed by atoms with Crippen molar-refractivity contribution < 1.29 is 14.4 Å². The van der Waals surface area contributed by atoms with Gasteiger partial charge in [0.1, 0.15) is 0 Å². The maximum absolute atomic E-state index is 12.4. The van der Waals surface area contributed by atoms with Crippen LogP contribution >= 0.6 is 0 Å². The second kappa shape index (κ2) is 7.11. The SMILES string of the molecule is Cc1c(C(C)NC(=O)c2ccc(CN3C(=O)CCC3=O)cc2)cnn1C. The minimum absolute atomic E-state index is 0.141. The fourth-order valence-electron chi connectivity index (χ4n) is 3.04. The van der Waals surface area contributed by atoms with Crippen molar-refractivity contribution in [1.82, 2.24) is 20.0 Å². The van der Waals surface area contributed by atoms with Crippen molar-refractivity contribution in [1.29, 1.82) is 0 Å². The number of amides is 3. The summed E-state index contributed by atoms with van der Waals surface area (Å²) >= 11 is 0. The quantitative estimate of drug-likeness (QED) is 0.831. The third-order valence-corrected chi connectivity index (χ3v) is 4.80. The maximum Gasteiger partial charge on any atom is 0.251 e. The van der Waals surface area contributed by atoms with Crippen molar-refractivity contribution in [2.75, 3.05) is 0 Å². The first-order chi connectivity index (χ1) is 12.4. The summed E-state index contributed by atoms with van der Waals surface area (Å²) in [6, 6.07) is 6.80. The third kappa shape index (κ3) is 3.51. The van der Waals surface area contributed by atoms with E-state index in [-0.39, 0.29) is 43.1 Å². The lowest BCUT2D eigenvalue weighted by Gasteiger charge is -2.15. The molecule has 1 aliphatic heterocycles. The topological polar surface area (TPSA) is 84.3 Å². The molecule has 136 valence electrons. The standard InChI is InChI=1S/C19H22N4O3/c1-12(16-10-20-22(3)13(16)2)21-19(26)15-6-4-14(5-7-15)11-23-17(24)8-9-18(23)25/h4-7,10,12H,8-9,11H2,1-3H3,(H,21,26). The fourth-order valence-corrected chi connectivity index (χ4v) is 3.04. The number of aromatic nitrogens is 2. The number of hydrogen-bond acceptors (Lipinski definition) is 4. The van der Waals surface area contributed by atoms with Crippen LogP contribution in [0, 0.1) is 6.92 Å². The summed E-state index contributed by atoms with van der Waals surface area (Å²) in [6.07, 6.45) is 2.32. The van der Waals surface area contributed by atoms with Crippen LogP contribution in [0.1, 0.15) is 53.0 Å². The Morgan fingerprint density at radius 2 is 1.81 bits per heavy atom. The monoisotopic (exact) mass is 354 g/mol. The highest BCUT2D eigenvalue weighted by Crippen LogP contribution is 2.18. The molecule has 1 atom stereocenters. The summed E-state index contributed by atoms with van der Waals surface area (Å²) in [5.41, 5.74) is 3.33. The van der Waals surface area contributed by atoms with Crippen LogP contribution in [-0.4, -0.2) is 32.4 Å². The zero-order valence-corrected chi connectivity index (χ0v) is 15.2. The van der Waals surface area contributed by atoms with E-state index in [2.05, 4.69) is 10.4 Å². The number of imide groups is 1. The summed E-state index contributed by atoms with van der Waals surface area (Å²) in [5.74, 6) is -0.462. The molecule has 0 spiro atoms. The zero-order valence-electron chi connectivity index (χ0n) is 15.2. The predicted molar refractivity (Wildman–Crippen MR) is 95.1 cm³/mol. The molecule has 1 aromatic heterocycles. The molecule has 2 aromatic rings. The van der Waals surface area contributed by atoms with E-state index in [4.69, 9.17) is 0 Å². The molecule has 1 aliphatic rings. The van der Waals surface area contributed by atoms with Crippen molar-refractivity contribution in [3.8, 4) is 0 Å². The molecule has 26 heavy (non-hydrogen) atoms. The summed E-state index contributed by atoms with van der Waals surface area (Å²) in [4.78, 5) is 37.1.